The van der Waals surface area contributed by atoms with Crippen LogP contribution in [0.25, 0.3) is 0 Å². The van der Waals surface area contributed by atoms with Crippen LogP contribution in [0.4, 0.5) is 0 Å². The van der Waals surface area contributed by atoms with Gasteiger partial charge < -0.3 is 24.8 Å². The van der Waals surface area contributed by atoms with Crippen LogP contribution in [0.1, 0.15) is 33.8 Å². The molecule has 1 aliphatic rings. The first-order chi connectivity index (χ1) is 11.5. The number of amides is 2. The summed E-state index contributed by atoms with van der Waals surface area (Å²) in [5.41, 5.74) is 0.241. The molecule has 2 amide bonds. The predicted molar refractivity (Wildman–Crippen MR) is 84.9 cm³/mol. The molecule has 7 heteroatoms. The highest BCUT2D eigenvalue weighted by atomic mass is 16.3. The number of hydrogen-bond donors (Lipinski definition) is 3. The van der Waals surface area contributed by atoms with Crippen molar-refractivity contribution in [2.45, 2.75) is 18.9 Å². The zero-order valence-corrected chi connectivity index (χ0v) is 12.9. The van der Waals surface area contributed by atoms with Gasteiger partial charge in [0.2, 0.25) is 0 Å². The second kappa shape index (κ2) is 6.66. The lowest BCUT2D eigenvalue weighted by Gasteiger charge is -2.32. The average Bonchev–Trinajstić information content (AvgIpc) is 3.08. The molecule has 0 spiro atoms. The molecule has 2 heterocycles. The maximum Gasteiger partial charge on any atom is 0.287 e. The van der Waals surface area contributed by atoms with Gasteiger partial charge in [-0.15, -0.1) is 0 Å². The van der Waals surface area contributed by atoms with E-state index in [2.05, 4.69) is 5.32 Å². The van der Waals surface area contributed by atoms with E-state index in [9.17, 15) is 19.8 Å². The monoisotopic (exact) mass is 330 g/mol. The number of aromatic hydroxyl groups is 2. The summed E-state index contributed by atoms with van der Waals surface area (Å²) in [6, 6.07) is 7.06. The van der Waals surface area contributed by atoms with Gasteiger partial charge in [0.1, 0.15) is 11.5 Å². The summed E-state index contributed by atoms with van der Waals surface area (Å²) in [6.07, 6.45) is 2.70. The number of furan rings is 1. The van der Waals surface area contributed by atoms with E-state index >= 15 is 0 Å². The van der Waals surface area contributed by atoms with Crippen LogP contribution < -0.4 is 5.32 Å². The van der Waals surface area contributed by atoms with Gasteiger partial charge in [-0.3, -0.25) is 9.59 Å². The first-order valence-corrected chi connectivity index (χ1v) is 7.69. The van der Waals surface area contributed by atoms with E-state index in [1.54, 1.807) is 17.0 Å². The molecule has 1 fully saturated rings. The Morgan fingerprint density at radius 1 is 1.12 bits per heavy atom. The number of phenols is 2. The molecule has 0 atom stereocenters. The highest BCUT2D eigenvalue weighted by Gasteiger charge is 2.25. The van der Waals surface area contributed by atoms with Crippen molar-refractivity contribution >= 4 is 11.8 Å². The lowest BCUT2D eigenvalue weighted by atomic mass is 10.0. The van der Waals surface area contributed by atoms with Crippen molar-refractivity contribution in [1.82, 2.24) is 10.2 Å². The fourth-order valence-corrected chi connectivity index (χ4v) is 2.79. The number of piperidine rings is 1. The number of carbonyl (C=O) groups excluding carboxylic acids is 2. The van der Waals surface area contributed by atoms with Crippen molar-refractivity contribution in [3.63, 3.8) is 0 Å². The minimum atomic E-state index is -0.261. The van der Waals surface area contributed by atoms with Gasteiger partial charge >= 0.3 is 0 Å². The van der Waals surface area contributed by atoms with Crippen LogP contribution in [-0.4, -0.2) is 46.1 Å². The van der Waals surface area contributed by atoms with Crippen LogP contribution in [0.3, 0.4) is 0 Å². The van der Waals surface area contributed by atoms with E-state index in [4.69, 9.17) is 4.42 Å². The molecule has 3 N–H and O–H groups in total. The molecular formula is C17H18N2O5. The fraction of sp³-hybridized carbons (Fsp3) is 0.294. The highest BCUT2D eigenvalue weighted by Crippen LogP contribution is 2.23. The summed E-state index contributed by atoms with van der Waals surface area (Å²) in [5, 5.41) is 21.9. The van der Waals surface area contributed by atoms with Gasteiger partial charge in [0.15, 0.2) is 5.76 Å². The Kier molecular flexibility index (Phi) is 4.41. The standard InChI is InChI=1S/C17H18N2O5/c20-13-8-11(9-14(21)10-13)17(23)19-5-3-12(4-6-19)18-16(22)15-2-1-7-24-15/h1-2,7-10,12,20-21H,3-6H2,(H,18,22). The molecule has 126 valence electrons. The number of hydrogen-bond acceptors (Lipinski definition) is 5. The SMILES string of the molecule is O=C(NC1CCN(C(=O)c2cc(O)cc(O)c2)CC1)c1ccco1. The van der Waals surface area contributed by atoms with Gasteiger partial charge in [-0.1, -0.05) is 0 Å². The summed E-state index contributed by atoms with van der Waals surface area (Å²) >= 11 is 0. The smallest absolute Gasteiger partial charge is 0.287 e. The molecule has 1 aliphatic heterocycles. The van der Waals surface area contributed by atoms with Crippen molar-refractivity contribution in [1.29, 1.82) is 0 Å². The number of benzene rings is 1. The molecule has 0 unspecified atom stereocenters. The van der Waals surface area contributed by atoms with E-state index in [-0.39, 0.29) is 40.7 Å². The van der Waals surface area contributed by atoms with Crippen LogP contribution in [0.5, 0.6) is 11.5 Å². The van der Waals surface area contributed by atoms with Gasteiger partial charge in [-0.25, -0.2) is 0 Å². The zero-order chi connectivity index (χ0) is 17.1. The number of nitrogens with zero attached hydrogens (tertiary/aromatic N) is 1. The number of phenolic OH excluding ortho intramolecular Hbond substituents is 2. The second-order valence-electron chi connectivity index (χ2n) is 5.76. The Hall–Kier alpha value is -2.96. The lowest BCUT2D eigenvalue weighted by molar-refractivity contribution is 0.0695. The predicted octanol–water partition coefficient (Wildman–Crippen LogP) is 1.73. The first-order valence-electron chi connectivity index (χ1n) is 7.69. The molecule has 0 radical (unpaired) electrons. The second-order valence-corrected chi connectivity index (χ2v) is 5.76. The number of nitrogens with one attached hydrogen (secondary N) is 1. The number of likely N-dealkylation sites (tertiary alicyclic amines) is 1. The molecule has 2 aromatic rings. The van der Waals surface area contributed by atoms with E-state index in [1.165, 1.54) is 24.5 Å². The third-order valence-electron chi connectivity index (χ3n) is 4.01. The quantitative estimate of drug-likeness (QED) is 0.795. The summed E-state index contributed by atoms with van der Waals surface area (Å²) in [4.78, 5) is 26.0. The summed E-state index contributed by atoms with van der Waals surface area (Å²) in [5.74, 6) is -0.554. The average molecular weight is 330 g/mol. The minimum absolute atomic E-state index is 0.0239. The topological polar surface area (TPSA) is 103 Å². The summed E-state index contributed by atoms with van der Waals surface area (Å²) < 4.78 is 5.05. The Morgan fingerprint density at radius 3 is 2.38 bits per heavy atom. The first kappa shape index (κ1) is 15.9. The van der Waals surface area contributed by atoms with E-state index in [0.29, 0.717) is 25.9 Å². The molecule has 1 aromatic carbocycles. The minimum Gasteiger partial charge on any atom is -0.508 e. The third kappa shape index (κ3) is 3.51. The van der Waals surface area contributed by atoms with Gasteiger partial charge in [-0.05, 0) is 37.1 Å². The van der Waals surface area contributed by atoms with Gasteiger partial charge in [0, 0.05) is 30.8 Å². The van der Waals surface area contributed by atoms with Gasteiger partial charge in [0.05, 0.1) is 6.26 Å². The van der Waals surface area contributed by atoms with E-state index in [0.717, 1.165) is 0 Å². The molecule has 3 rings (SSSR count). The maximum atomic E-state index is 12.4. The van der Waals surface area contributed by atoms with Crippen LogP contribution >= 0.6 is 0 Å². The lowest BCUT2D eigenvalue weighted by Crippen LogP contribution is -2.46. The van der Waals surface area contributed by atoms with E-state index < -0.39 is 0 Å². The molecule has 1 aromatic heterocycles. The Morgan fingerprint density at radius 2 is 1.79 bits per heavy atom. The van der Waals surface area contributed by atoms with Crippen molar-refractivity contribution in [2.24, 2.45) is 0 Å². The van der Waals surface area contributed by atoms with Crippen LogP contribution in [0.15, 0.2) is 41.0 Å². The normalized spacial score (nSPS) is 15.2. The molecule has 1 saturated heterocycles. The van der Waals surface area contributed by atoms with Crippen molar-refractivity contribution < 1.29 is 24.2 Å². The summed E-state index contributed by atoms with van der Waals surface area (Å²) in [7, 11) is 0. The zero-order valence-electron chi connectivity index (χ0n) is 12.9. The summed E-state index contributed by atoms with van der Waals surface area (Å²) in [6.45, 7) is 0.969. The fourth-order valence-electron chi connectivity index (χ4n) is 2.79. The molecule has 0 bridgehead atoms. The van der Waals surface area contributed by atoms with Crippen molar-refractivity contribution in [3.8, 4) is 11.5 Å². The van der Waals surface area contributed by atoms with Gasteiger partial charge in [0.25, 0.3) is 11.8 Å². The van der Waals surface area contributed by atoms with Crippen molar-refractivity contribution in [2.75, 3.05) is 13.1 Å². The Labute approximate surface area is 138 Å². The largest absolute Gasteiger partial charge is 0.508 e. The molecule has 24 heavy (non-hydrogen) atoms. The van der Waals surface area contributed by atoms with E-state index in [1.807, 2.05) is 0 Å². The maximum absolute atomic E-state index is 12.4. The Balaban J connectivity index is 1.56. The third-order valence-corrected chi connectivity index (χ3v) is 4.01. The number of rotatable bonds is 3. The highest BCUT2D eigenvalue weighted by molar-refractivity contribution is 5.95. The molecule has 0 aliphatic carbocycles. The number of carbonyl (C=O) groups is 2. The van der Waals surface area contributed by atoms with Crippen LogP contribution in [-0.2, 0) is 0 Å². The van der Waals surface area contributed by atoms with Crippen LogP contribution in [0.2, 0.25) is 0 Å². The molecule has 0 saturated carbocycles. The Bertz CT molecular complexity index is 713. The van der Waals surface area contributed by atoms with Gasteiger partial charge in [-0.2, -0.15) is 0 Å². The van der Waals surface area contributed by atoms with Crippen LogP contribution in [0, 0.1) is 0 Å². The molecule has 7 nitrogen and oxygen atoms in total. The molecular weight excluding hydrogens is 312 g/mol. The van der Waals surface area contributed by atoms with Crippen molar-refractivity contribution in [3.05, 3.63) is 47.9 Å².